The molecule has 5 heteroatoms. The highest BCUT2D eigenvalue weighted by molar-refractivity contribution is 5.16. The second-order valence-electron chi connectivity index (χ2n) is 4.58. The first-order valence-corrected chi connectivity index (χ1v) is 6.98. The number of benzene rings is 1. The maximum Gasteiger partial charge on any atom is 0.0897 e. The van der Waals surface area contributed by atoms with Gasteiger partial charge >= 0.3 is 0 Å². The van der Waals surface area contributed by atoms with E-state index in [0.717, 1.165) is 5.56 Å². The fourth-order valence-electron chi connectivity index (χ4n) is 1.71. The Hall–Kier alpha value is -0.980. The van der Waals surface area contributed by atoms with Crippen molar-refractivity contribution in [2.75, 3.05) is 39.5 Å². The predicted octanol–water partition coefficient (Wildman–Crippen LogP) is 0.724. The highest BCUT2D eigenvalue weighted by Crippen LogP contribution is 2.15. The summed E-state index contributed by atoms with van der Waals surface area (Å²) in [5.41, 5.74) is 1.10. The Bertz CT molecular complexity index is 334. The van der Waals surface area contributed by atoms with Crippen LogP contribution in [-0.4, -0.2) is 55.8 Å². The van der Waals surface area contributed by atoms with Gasteiger partial charge in [0.2, 0.25) is 0 Å². The van der Waals surface area contributed by atoms with Crippen molar-refractivity contribution in [3.8, 4) is 0 Å². The smallest absolute Gasteiger partial charge is 0.0897 e. The van der Waals surface area contributed by atoms with Gasteiger partial charge in [0.25, 0.3) is 0 Å². The third kappa shape index (κ3) is 7.57. The summed E-state index contributed by atoms with van der Waals surface area (Å²) in [5, 5.41) is 21.4. The van der Waals surface area contributed by atoms with E-state index in [9.17, 15) is 5.11 Å². The molecule has 0 fully saturated rings. The highest BCUT2D eigenvalue weighted by Gasteiger charge is 2.09. The quantitative estimate of drug-likeness (QED) is 0.522. The van der Waals surface area contributed by atoms with Crippen LogP contribution in [-0.2, 0) is 9.47 Å². The molecule has 5 nitrogen and oxygen atoms in total. The minimum absolute atomic E-state index is 0.0289. The first-order chi connectivity index (χ1) is 9.74. The van der Waals surface area contributed by atoms with Crippen molar-refractivity contribution in [3.63, 3.8) is 0 Å². The first kappa shape index (κ1) is 17.1. The van der Waals surface area contributed by atoms with E-state index in [0.29, 0.717) is 32.9 Å². The van der Waals surface area contributed by atoms with E-state index in [1.54, 1.807) is 0 Å². The lowest BCUT2D eigenvalue weighted by molar-refractivity contribution is -0.00273. The molecule has 1 aromatic carbocycles. The molecule has 0 bridgehead atoms. The van der Waals surface area contributed by atoms with Gasteiger partial charge in [-0.1, -0.05) is 30.3 Å². The van der Waals surface area contributed by atoms with Gasteiger partial charge in [-0.05, 0) is 12.5 Å². The molecule has 3 N–H and O–H groups in total. The van der Waals surface area contributed by atoms with Crippen LogP contribution in [0.4, 0.5) is 0 Å². The molecule has 0 saturated heterocycles. The molecule has 1 aromatic rings. The zero-order valence-electron chi connectivity index (χ0n) is 12.0. The van der Waals surface area contributed by atoms with Gasteiger partial charge in [-0.2, -0.15) is 0 Å². The predicted molar refractivity (Wildman–Crippen MR) is 77.6 cm³/mol. The van der Waals surface area contributed by atoms with Crippen LogP contribution in [0.1, 0.15) is 18.6 Å². The minimum atomic E-state index is -0.543. The zero-order valence-corrected chi connectivity index (χ0v) is 12.0. The molecule has 0 aliphatic rings. The summed E-state index contributed by atoms with van der Waals surface area (Å²) < 4.78 is 10.7. The van der Waals surface area contributed by atoms with E-state index >= 15 is 0 Å². The highest BCUT2D eigenvalue weighted by atomic mass is 16.5. The van der Waals surface area contributed by atoms with Crippen LogP contribution < -0.4 is 5.32 Å². The summed E-state index contributed by atoms with van der Waals surface area (Å²) >= 11 is 0. The largest absolute Gasteiger partial charge is 0.394 e. The Morgan fingerprint density at radius 3 is 2.65 bits per heavy atom. The molecular weight excluding hydrogens is 258 g/mol. The minimum Gasteiger partial charge on any atom is -0.394 e. The SMILES string of the molecule is CC(OCC(O)CNCCOCCO)c1ccccc1. The number of hydrogen-bond donors (Lipinski definition) is 3. The number of rotatable bonds is 11. The summed E-state index contributed by atoms with van der Waals surface area (Å²) in [5.74, 6) is 0. The van der Waals surface area contributed by atoms with E-state index in [1.165, 1.54) is 0 Å². The number of hydrogen-bond acceptors (Lipinski definition) is 5. The fraction of sp³-hybridized carbons (Fsp3) is 0.600. The molecule has 0 radical (unpaired) electrons. The van der Waals surface area contributed by atoms with Gasteiger partial charge in [-0.3, -0.25) is 0 Å². The molecule has 2 unspecified atom stereocenters. The molecule has 114 valence electrons. The molecule has 1 rings (SSSR count). The van der Waals surface area contributed by atoms with E-state index in [-0.39, 0.29) is 12.7 Å². The van der Waals surface area contributed by atoms with Gasteiger partial charge in [0.05, 0.1) is 38.6 Å². The molecule has 0 spiro atoms. The van der Waals surface area contributed by atoms with Gasteiger partial charge in [-0.15, -0.1) is 0 Å². The van der Waals surface area contributed by atoms with Gasteiger partial charge in [-0.25, -0.2) is 0 Å². The van der Waals surface area contributed by atoms with Crippen molar-refractivity contribution in [2.24, 2.45) is 0 Å². The number of nitrogens with one attached hydrogen (secondary N) is 1. The summed E-state index contributed by atoms with van der Waals surface area (Å²) in [4.78, 5) is 0. The third-order valence-corrected chi connectivity index (χ3v) is 2.85. The van der Waals surface area contributed by atoms with Crippen molar-refractivity contribution in [2.45, 2.75) is 19.1 Å². The number of aliphatic hydroxyl groups excluding tert-OH is 2. The second kappa shape index (κ2) is 10.8. The molecule has 0 amide bonds. The number of aliphatic hydroxyl groups is 2. The van der Waals surface area contributed by atoms with E-state index < -0.39 is 6.10 Å². The van der Waals surface area contributed by atoms with Crippen LogP contribution in [0.2, 0.25) is 0 Å². The zero-order chi connectivity index (χ0) is 14.6. The van der Waals surface area contributed by atoms with E-state index in [2.05, 4.69) is 5.32 Å². The molecule has 0 heterocycles. The van der Waals surface area contributed by atoms with Crippen LogP contribution in [0, 0.1) is 0 Å². The average Bonchev–Trinajstić information content (AvgIpc) is 2.49. The number of ether oxygens (including phenoxy) is 2. The molecule has 0 aliphatic heterocycles. The standard InChI is InChI=1S/C15H25NO4/c1-13(14-5-3-2-4-6-14)20-12-15(18)11-16-7-9-19-10-8-17/h2-6,13,15-18H,7-12H2,1H3. The van der Waals surface area contributed by atoms with Crippen molar-refractivity contribution in [1.82, 2.24) is 5.32 Å². The molecule has 0 saturated carbocycles. The lowest BCUT2D eigenvalue weighted by Crippen LogP contribution is -2.32. The van der Waals surface area contributed by atoms with E-state index in [1.807, 2.05) is 37.3 Å². The molecule has 2 atom stereocenters. The molecule has 0 aromatic heterocycles. The van der Waals surface area contributed by atoms with Gasteiger partial charge in [0.1, 0.15) is 0 Å². The fourth-order valence-corrected chi connectivity index (χ4v) is 1.71. The van der Waals surface area contributed by atoms with Crippen LogP contribution in [0.15, 0.2) is 30.3 Å². The van der Waals surface area contributed by atoms with Crippen LogP contribution >= 0.6 is 0 Å². The average molecular weight is 283 g/mol. The second-order valence-corrected chi connectivity index (χ2v) is 4.58. The van der Waals surface area contributed by atoms with Gasteiger partial charge in [0.15, 0.2) is 0 Å². The Morgan fingerprint density at radius 1 is 1.20 bits per heavy atom. The topological polar surface area (TPSA) is 71.0 Å². The van der Waals surface area contributed by atoms with Crippen LogP contribution in [0.25, 0.3) is 0 Å². The normalized spacial score (nSPS) is 14.2. The van der Waals surface area contributed by atoms with Crippen molar-refractivity contribution in [1.29, 1.82) is 0 Å². The first-order valence-electron chi connectivity index (χ1n) is 6.98. The lowest BCUT2D eigenvalue weighted by Gasteiger charge is -2.17. The van der Waals surface area contributed by atoms with Gasteiger partial charge in [0, 0.05) is 13.1 Å². The van der Waals surface area contributed by atoms with Crippen LogP contribution in [0.3, 0.4) is 0 Å². The molecular formula is C15H25NO4. The third-order valence-electron chi connectivity index (χ3n) is 2.85. The summed E-state index contributed by atoms with van der Waals surface area (Å²) in [7, 11) is 0. The molecule has 20 heavy (non-hydrogen) atoms. The van der Waals surface area contributed by atoms with Crippen LogP contribution in [0.5, 0.6) is 0 Å². The van der Waals surface area contributed by atoms with Crippen molar-refractivity contribution >= 4 is 0 Å². The monoisotopic (exact) mass is 283 g/mol. The summed E-state index contributed by atoms with van der Waals surface area (Å²) in [6, 6.07) is 9.93. The summed E-state index contributed by atoms with van der Waals surface area (Å²) in [6.45, 7) is 4.28. The Balaban J connectivity index is 2.06. The van der Waals surface area contributed by atoms with Crippen molar-refractivity contribution < 1.29 is 19.7 Å². The van der Waals surface area contributed by atoms with E-state index in [4.69, 9.17) is 14.6 Å². The Labute approximate surface area is 120 Å². The molecule has 0 aliphatic carbocycles. The Morgan fingerprint density at radius 2 is 1.95 bits per heavy atom. The lowest BCUT2D eigenvalue weighted by atomic mass is 10.1. The summed E-state index contributed by atoms with van der Waals surface area (Å²) in [6.07, 6.45) is -0.572. The Kier molecular flexibility index (Phi) is 9.19. The van der Waals surface area contributed by atoms with Gasteiger partial charge < -0.3 is 25.0 Å². The maximum absolute atomic E-state index is 9.78. The maximum atomic E-state index is 9.78. The van der Waals surface area contributed by atoms with Crippen molar-refractivity contribution in [3.05, 3.63) is 35.9 Å².